The molecule has 1 aromatic heterocycles. The molecule has 15 heavy (non-hydrogen) atoms. The minimum absolute atomic E-state index is 0.129. The maximum atomic E-state index is 11.3. The molecule has 2 N–H and O–H groups in total. The molecule has 1 rings (SSSR count). The number of hydrogen-bond acceptors (Lipinski definition) is 4. The number of carbonyl (C=O) groups is 2. The van der Waals surface area contributed by atoms with E-state index in [0.29, 0.717) is 6.54 Å². The molecule has 1 amide bonds. The van der Waals surface area contributed by atoms with Gasteiger partial charge in [0.15, 0.2) is 5.69 Å². The summed E-state index contributed by atoms with van der Waals surface area (Å²) < 4.78 is 1.10. The standard InChI is InChI=1S/C8H12N4O3/c1-2-3-9-8(15)6-4-12(11-10-6)5-7(13)14/h4H,2-3,5H2,1H3,(H,9,15)(H,13,14). The minimum atomic E-state index is -1.03. The van der Waals surface area contributed by atoms with E-state index in [1.54, 1.807) is 0 Å². The zero-order valence-corrected chi connectivity index (χ0v) is 8.30. The highest BCUT2D eigenvalue weighted by atomic mass is 16.4. The smallest absolute Gasteiger partial charge is 0.325 e. The normalized spacial score (nSPS) is 9.93. The number of aromatic nitrogens is 3. The first-order valence-electron chi connectivity index (χ1n) is 4.53. The van der Waals surface area contributed by atoms with Crippen LogP contribution in [-0.4, -0.2) is 38.5 Å². The Morgan fingerprint density at radius 3 is 2.93 bits per heavy atom. The van der Waals surface area contributed by atoms with Gasteiger partial charge in [0.05, 0.1) is 6.20 Å². The van der Waals surface area contributed by atoms with Crippen LogP contribution in [0.4, 0.5) is 0 Å². The van der Waals surface area contributed by atoms with Crippen LogP contribution in [0.15, 0.2) is 6.20 Å². The van der Waals surface area contributed by atoms with Gasteiger partial charge in [-0.15, -0.1) is 5.10 Å². The van der Waals surface area contributed by atoms with Gasteiger partial charge in [0.1, 0.15) is 6.54 Å². The van der Waals surface area contributed by atoms with Crippen LogP contribution in [0.3, 0.4) is 0 Å². The van der Waals surface area contributed by atoms with E-state index in [2.05, 4.69) is 15.6 Å². The predicted molar refractivity (Wildman–Crippen MR) is 50.3 cm³/mol. The molecule has 0 unspecified atom stereocenters. The third kappa shape index (κ3) is 3.37. The second kappa shape index (κ2) is 5.08. The highest BCUT2D eigenvalue weighted by molar-refractivity contribution is 5.91. The third-order valence-electron chi connectivity index (χ3n) is 1.60. The van der Waals surface area contributed by atoms with Gasteiger partial charge in [-0.05, 0) is 6.42 Å². The summed E-state index contributed by atoms with van der Waals surface area (Å²) in [5, 5.41) is 18.2. The molecule has 0 saturated heterocycles. The Hall–Kier alpha value is -1.92. The summed E-state index contributed by atoms with van der Waals surface area (Å²) in [5.74, 6) is -1.37. The summed E-state index contributed by atoms with van der Waals surface area (Å²) in [7, 11) is 0. The van der Waals surface area contributed by atoms with Gasteiger partial charge < -0.3 is 10.4 Å². The molecule has 82 valence electrons. The van der Waals surface area contributed by atoms with Crippen molar-refractivity contribution in [2.45, 2.75) is 19.9 Å². The van der Waals surface area contributed by atoms with Crippen molar-refractivity contribution in [1.29, 1.82) is 0 Å². The van der Waals surface area contributed by atoms with Crippen molar-refractivity contribution in [1.82, 2.24) is 20.3 Å². The zero-order valence-electron chi connectivity index (χ0n) is 8.30. The molecule has 7 heteroatoms. The topological polar surface area (TPSA) is 97.1 Å². The number of carboxylic acid groups (broad SMARTS) is 1. The van der Waals surface area contributed by atoms with Crippen LogP contribution in [0.5, 0.6) is 0 Å². The fourth-order valence-corrected chi connectivity index (χ4v) is 0.947. The lowest BCUT2D eigenvalue weighted by atomic mass is 10.4. The van der Waals surface area contributed by atoms with Gasteiger partial charge in [-0.3, -0.25) is 9.59 Å². The summed E-state index contributed by atoms with van der Waals surface area (Å²) in [6.07, 6.45) is 2.13. The van der Waals surface area contributed by atoms with Crippen molar-refractivity contribution < 1.29 is 14.7 Å². The molecule has 0 aliphatic heterocycles. The Bertz CT molecular complexity index is 361. The zero-order chi connectivity index (χ0) is 11.3. The molecule has 0 bridgehead atoms. The number of nitrogens with one attached hydrogen (secondary N) is 1. The van der Waals surface area contributed by atoms with Crippen LogP contribution in [-0.2, 0) is 11.3 Å². The highest BCUT2D eigenvalue weighted by Crippen LogP contribution is 1.93. The largest absolute Gasteiger partial charge is 0.480 e. The van der Waals surface area contributed by atoms with Gasteiger partial charge in [0.25, 0.3) is 5.91 Å². The first-order chi connectivity index (χ1) is 7.13. The van der Waals surface area contributed by atoms with Gasteiger partial charge in [-0.25, -0.2) is 4.68 Å². The van der Waals surface area contributed by atoms with Gasteiger partial charge in [0, 0.05) is 6.54 Å². The fourth-order valence-electron chi connectivity index (χ4n) is 0.947. The average molecular weight is 212 g/mol. The van der Waals surface area contributed by atoms with Crippen LogP contribution >= 0.6 is 0 Å². The number of carboxylic acids is 1. The highest BCUT2D eigenvalue weighted by Gasteiger charge is 2.10. The lowest BCUT2D eigenvalue weighted by Crippen LogP contribution is -2.24. The first kappa shape index (κ1) is 11.2. The van der Waals surface area contributed by atoms with E-state index in [0.717, 1.165) is 11.1 Å². The molecule has 0 radical (unpaired) electrons. The molecular weight excluding hydrogens is 200 g/mol. The Morgan fingerprint density at radius 1 is 1.60 bits per heavy atom. The van der Waals surface area contributed by atoms with Crippen molar-refractivity contribution >= 4 is 11.9 Å². The molecule has 1 aromatic rings. The van der Waals surface area contributed by atoms with Gasteiger partial charge >= 0.3 is 5.97 Å². The van der Waals surface area contributed by atoms with E-state index >= 15 is 0 Å². The predicted octanol–water partition coefficient (Wildman–Crippen LogP) is -0.497. The van der Waals surface area contributed by atoms with Crippen LogP contribution in [0.25, 0.3) is 0 Å². The van der Waals surface area contributed by atoms with Crippen molar-refractivity contribution in [3.63, 3.8) is 0 Å². The molecule has 0 aliphatic carbocycles. The number of carbonyl (C=O) groups excluding carboxylic acids is 1. The van der Waals surface area contributed by atoms with E-state index in [9.17, 15) is 9.59 Å². The Kier molecular flexibility index (Phi) is 3.78. The summed E-state index contributed by atoms with van der Waals surface area (Å²) in [4.78, 5) is 21.7. The lowest BCUT2D eigenvalue weighted by molar-refractivity contribution is -0.137. The number of aliphatic carboxylic acids is 1. The van der Waals surface area contributed by atoms with Gasteiger partial charge in [-0.1, -0.05) is 12.1 Å². The summed E-state index contributed by atoms with van der Waals surface area (Å²) in [6, 6.07) is 0. The van der Waals surface area contributed by atoms with Crippen molar-refractivity contribution in [3.8, 4) is 0 Å². The van der Waals surface area contributed by atoms with E-state index in [1.165, 1.54) is 6.20 Å². The van der Waals surface area contributed by atoms with Crippen LogP contribution in [0.1, 0.15) is 23.8 Å². The SMILES string of the molecule is CCCNC(=O)c1cn(CC(=O)O)nn1. The second-order valence-electron chi connectivity index (χ2n) is 2.95. The number of amides is 1. The first-order valence-corrected chi connectivity index (χ1v) is 4.53. The Morgan fingerprint density at radius 2 is 2.33 bits per heavy atom. The van der Waals surface area contributed by atoms with Crippen LogP contribution < -0.4 is 5.32 Å². The fraction of sp³-hybridized carbons (Fsp3) is 0.500. The summed E-state index contributed by atoms with van der Waals surface area (Å²) in [5.41, 5.74) is 0.129. The number of hydrogen-bond donors (Lipinski definition) is 2. The van der Waals surface area contributed by atoms with E-state index in [4.69, 9.17) is 5.11 Å². The number of nitrogens with zero attached hydrogens (tertiary/aromatic N) is 3. The van der Waals surface area contributed by atoms with Gasteiger partial charge in [0.2, 0.25) is 0 Å². The van der Waals surface area contributed by atoms with E-state index in [1.807, 2.05) is 6.92 Å². The quantitative estimate of drug-likeness (QED) is 0.686. The molecule has 0 fully saturated rings. The Labute approximate surface area is 86.1 Å². The third-order valence-corrected chi connectivity index (χ3v) is 1.60. The molecule has 0 aliphatic rings. The molecule has 7 nitrogen and oxygen atoms in total. The maximum Gasteiger partial charge on any atom is 0.325 e. The van der Waals surface area contributed by atoms with Crippen LogP contribution in [0, 0.1) is 0 Å². The van der Waals surface area contributed by atoms with Crippen molar-refractivity contribution in [3.05, 3.63) is 11.9 Å². The van der Waals surface area contributed by atoms with Crippen molar-refractivity contribution in [2.75, 3.05) is 6.54 Å². The molecule has 0 saturated carbocycles. The average Bonchev–Trinajstić information content (AvgIpc) is 2.61. The molecular formula is C8H12N4O3. The van der Waals surface area contributed by atoms with Gasteiger partial charge in [-0.2, -0.15) is 0 Å². The Balaban J connectivity index is 2.59. The number of rotatable bonds is 5. The monoisotopic (exact) mass is 212 g/mol. The van der Waals surface area contributed by atoms with Crippen molar-refractivity contribution in [2.24, 2.45) is 0 Å². The van der Waals surface area contributed by atoms with E-state index < -0.39 is 5.97 Å². The molecule has 0 aromatic carbocycles. The second-order valence-corrected chi connectivity index (χ2v) is 2.95. The molecule has 0 spiro atoms. The summed E-state index contributed by atoms with van der Waals surface area (Å²) in [6.45, 7) is 2.19. The maximum absolute atomic E-state index is 11.3. The molecule has 0 atom stereocenters. The lowest BCUT2D eigenvalue weighted by Gasteiger charge is -1.97. The molecule has 1 heterocycles. The minimum Gasteiger partial charge on any atom is -0.480 e. The summed E-state index contributed by atoms with van der Waals surface area (Å²) >= 11 is 0. The van der Waals surface area contributed by atoms with Crippen LogP contribution in [0.2, 0.25) is 0 Å². The van der Waals surface area contributed by atoms with E-state index in [-0.39, 0.29) is 18.1 Å².